The Morgan fingerprint density at radius 1 is 1.12 bits per heavy atom. The number of methoxy groups -OCH3 is 1. The lowest BCUT2D eigenvalue weighted by atomic mass is 10.2. The maximum Gasteiger partial charge on any atom is 0.141 e. The van der Waals surface area contributed by atoms with Gasteiger partial charge in [-0.25, -0.2) is 0 Å². The molecule has 1 fully saturated rings. The summed E-state index contributed by atoms with van der Waals surface area (Å²) in [6.45, 7) is 2.29. The standard InChI is InChI=1S/C13H20N2O/c1-16-13-7-6-11(10-12(13)14)15-8-4-2-3-5-9-15/h6-7,10H,2-5,8-9,14H2,1H3. The third-order valence-electron chi connectivity index (χ3n) is 3.18. The van der Waals surface area contributed by atoms with E-state index in [4.69, 9.17) is 10.5 Å². The molecule has 0 spiro atoms. The minimum Gasteiger partial charge on any atom is -0.495 e. The Labute approximate surface area is 97.2 Å². The van der Waals surface area contributed by atoms with E-state index in [1.807, 2.05) is 12.1 Å². The van der Waals surface area contributed by atoms with Crippen LogP contribution in [0.25, 0.3) is 0 Å². The average Bonchev–Trinajstić information content (AvgIpc) is 2.57. The van der Waals surface area contributed by atoms with Gasteiger partial charge in [-0.05, 0) is 31.0 Å². The van der Waals surface area contributed by atoms with Crippen molar-refractivity contribution in [2.45, 2.75) is 25.7 Å². The number of nitrogens with two attached hydrogens (primary N) is 1. The third-order valence-corrected chi connectivity index (χ3v) is 3.18. The highest BCUT2D eigenvalue weighted by atomic mass is 16.5. The maximum absolute atomic E-state index is 5.93. The quantitative estimate of drug-likeness (QED) is 0.779. The zero-order valence-electron chi connectivity index (χ0n) is 9.91. The predicted molar refractivity (Wildman–Crippen MR) is 68.1 cm³/mol. The topological polar surface area (TPSA) is 38.5 Å². The second-order valence-electron chi connectivity index (χ2n) is 4.33. The van der Waals surface area contributed by atoms with E-state index < -0.39 is 0 Å². The molecule has 3 nitrogen and oxygen atoms in total. The van der Waals surface area contributed by atoms with Gasteiger partial charge in [0.1, 0.15) is 5.75 Å². The van der Waals surface area contributed by atoms with Gasteiger partial charge in [0.2, 0.25) is 0 Å². The lowest BCUT2D eigenvalue weighted by Crippen LogP contribution is -2.23. The molecule has 2 rings (SSSR count). The Bertz CT molecular complexity index is 344. The molecule has 2 N–H and O–H groups in total. The van der Waals surface area contributed by atoms with Crippen LogP contribution in [0.3, 0.4) is 0 Å². The highest BCUT2D eigenvalue weighted by molar-refractivity contribution is 5.63. The van der Waals surface area contributed by atoms with Crippen molar-refractivity contribution in [3.05, 3.63) is 18.2 Å². The van der Waals surface area contributed by atoms with E-state index in [2.05, 4.69) is 11.0 Å². The van der Waals surface area contributed by atoms with E-state index in [0.29, 0.717) is 0 Å². The summed E-state index contributed by atoms with van der Waals surface area (Å²) in [6.07, 6.45) is 5.27. The minimum absolute atomic E-state index is 0.726. The maximum atomic E-state index is 5.93. The molecule has 1 aromatic rings. The molecule has 1 aliphatic rings. The molecule has 0 bridgehead atoms. The van der Waals surface area contributed by atoms with Gasteiger partial charge in [0, 0.05) is 18.8 Å². The summed E-state index contributed by atoms with van der Waals surface area (Å²) >= 11 is 0. The van der Waals surface area contributed by atoms with Gasteiger partial charge in [-0.3, -0.25) is 0 Å². The van der Waals surface area contributed by atoms with E-state index in [1.165, 1.54) is 31.4 Å². The van der Waals surface area contributed by atoms with Gasteiger partial charge in [-0.1, -0.05) is 12.8 Å². The smallest absolute Gasteiger partial charge is 0.141 e. The Morgan fingerprint density at radius 2 is 1.81 bits per heavy atom. The molecule has 0 aromatic heterocycles. The Kier molecular flexibility index (Phi) is 3.54. The van der Waals surface area contributed by atoms with Crippen molar-refractivity contribution in [1.82, 2.24) is 0 Å². The molecule has 0 radical (unpaired) electrons. The van der Waals surface area contributed by atoms with Gasteiger partial charge in [0.25, 0.3) is 0 Å². The van der Waals surface area contributed by atoms with Crippen molar-refractivity contribution in [3.63, 3.8) is 0 Å². The van der Waals surface area contributed by atoms with Crippen LogP contribution in [-0.4, -0.2) is 20.2 Å². The SMILES string of the molecule is COc1ccc(N2CCCCCC2)cc1N. The fourth-order valence-corrected chi connectivity index (χ4v) is 2.25. The third kappa shape index (κ3) is 2.40. The first-order valence-electron chi connectivity index (χ1n) is 6.00. The fraction of sp³-hybridized carbons (Fsp3) is 0.538. The molecule has 0 amide bonds. The summed E-state index contributed by atoms with van der Waals surface area (Å²) < 4.78 is 5.17. The Morgan fingerprint density at radius 3 is 2.38 bits per heavy atom. The summed E-state index contributed by atoms with van der Waals surface area (Å²) in [4.78, 5) is 2.42. The van der Waals surface area contributed by atoms with Gasteiger partial charge in [-0.2, -0.15) is 0 Å². The first-order valence-corrected chi connectivity index (χ1v) is 6.00. The van der Waals surface area contributed by atoms with Gasteiger partial charge >= 0.3 is 0 Å². The summed E-state index contributed by atoms with van der Waals surface area (Å²) in [6, 6.07) is 6.07. The summed E-state index contributed by atoms with van der Waals surface area (Å²) in [5, 5.41) is 0. The van der Waals surface area contributed by atoms with Crippen molar-refractivity contribution in [3.8, 4) is 5.75 Å². The fourth-order valence-electron chi connectivity index (χ4n) is 2.25. The number of nitrogen functional groups attached to an aromatic ring is 1. The van der Waals surface area contributed by atoms with Crippen molar-refractivity contribution >= 4 is 11.4 Å². The number of rotatable bonds is 2. The number of hydrogen-bond donors (Lipinski definition) is 1. The van der Waals surface area contributed by atoms with E-state index >= 15 is 0 Å². The van der Waals surface area contributed by atoms with Crippen LogP contribution in [0.5, 0.6) is 5.75 Å². The second kappa shape index (κ2) is 5.10. The number of ether oxygens (including phenoxy) is 1. The Hall–Kier alpha value is -1.38. The van der Waals surface area contributed by atoms with E-state index in [-0.39, 0.29) is 0 Å². The van der Waals surface area contributed by atoms with Crippen LogP contribution >= 0.6 is 0 Å². The number of hydrogen-bond acceptors (Lipinski definition) is 3. The second-order valence-corrected chi connectivity index (χ2v) is 4.33. The van der Waals surface area contributed by atoms with E-state index in [9.17, 15) is 0 Å². The first-order chi connectivity index (χ1) is 7.81. The normalized spacial score (nSPS) is 16.9. The molecule has 0 atom stereocenters. The van der Waals surface area contributed by atoms with Crippen LogP contribution in [0.4, 0.5) is 11.4 Å². The van der Waals surface area contributed by atoms with Gasteiger partial charge in [0.15, 0.2) is 0 Å². The zero-order valence-corrected chi connectivity index (χ0v) is 9.91. The van der Waals surface area contributed by atoms with Crippen molar-refractivity contribution in [1.29, 1.82) is 0 Å². The number of anilines is 2. The molecule has 0 aliphatic carbocycles. The monoisotopic (exact) mass is 220 g/mol. The highest BCUT2D eigenvalue weighted by Crippen LogP contribution is 2.28. The predicted octanol–water partition coefficient (Wildman–Crippen LogP) is 2.66. The molecule has 1 aromatic carbocycles. The molecule has 1 saturated heterocycles. The van der Waals surface area contributed by atoms with E-state index in [0.717, 1.165) is 24.5 Å². The van der Waals surface area contributed by atoms with E-state index in [1.54, 1.807) is 7.11 Å². The lowest BCUT2D eigenvalue weighted by Gasteiger charge is -2.23. The molecule has 0 unspecified atom stereocenters. The largest absolute Gasteiger partial charge is 0.495 e. The van der Waals surface area contributed by atoms with Gasteiger partial charge < -0.3 is 15.4 Å². The van der Waals surface area contributed by atoms with Crippen LogP contribution in [0.15, 0.2) is 18.2 Å². The number of benzene rings is 1. The molecule has 16 heavy (non-hydrogen) atoms. The molecular formula is C13H20N2O. The summed E-state index contributed by atoms with van der Waals surface area (Å²) in [7, 11) is 1.65. The van der Waals surface area contributed by atoms with Crippen molar-refractivity contribution in [2.75, 3.05) is 30.8 Å². The summed E-state index contributed by atoms with van der Waals surface area (Å²) in [5.74, 6) is 0.763. The highest BCUT2D eigenvalue weighted by Gasteiger charge is 2.11. The van der Waals surface area contributed by atoms with Gasteiger partial charge in [-0.15, -0.1) is 0 Å². The number of nitrogens with zero attached hydrogens (tertiary/aromatic N) is 1. The average molecular weight is 220 g/mol. The lowest BCUT2D eigenvalue weighted by molar-refractivity contribution is 0.417. The molecule has 3 heteroatoms. The van der Waals surface area contributed by atoms with Crippen LogP contribution in [0.1, 0.15) is 25.7 Å². The molecule has 0 saturated carbocycles. The first kappa shape index (κ1) is 11.1. The summed E-state index contributed by atoms with van der Waals surface area (Å²) in [5.41, 5.74) is 7.87. The minimum atomic E-state index is 0.726. The Balaban J connectivity index is 2.16. The molecule has 1 aliphatic heterocycles. The zero-order chi connectivity index (χ0) is 11.4. The van der Waals surface area contributed by atoms with Gasteiger partial charge in [0.05, 0.1) is 12.8 Å². The van der Waals surface area contributed by atoms with Crippen LogP contribution in [0.2, 0.25) is 0 Å². The van der Waals surface area contributed by atoms with Crippen LogP contribution in [-0.2, 0) is 0 Å². The van der Waals surface area contributed by atoms with Crippen molar-refractivity contribution < 1.29 is 4.74 Å². The van der Waals surface area contributed by atoms with Crippen LogP contribution < -0.4 is 15.4 Å². The van der Waals surface area contributed by atoms with Crippen molar-refractivity contribution in [2.24, 2.45) is 0 Å². The molecule has 88 valence electrons. The van der Waals surface area contributed by atoms with Crippen LogP contribution in [0, 0.1) is 0 Å². The molecular weight excluding hydrogens is 200 g/mol. The molecule has 1 heterocycles.